The molecule has 2 heteroatoms. The summed E-state index contributed by atoms with van der Waals surface area (Å²) in [7, 11) is 0. The first-order valence-electron chi connectivity index (χ1n) is 13.4. The van der Waals surface area contributed by atoms with Crippen molar-refractivity contribution in [3.05, 3.63) is 23.3 Å². The minimum absolute atomic E-state index is 0.00947. The number of rotatable bonds is 0. The van der Waals surface area contributed by atoms with Gasteiger partial charge in [-0.05, 0) is 95.9 Å². The van der Waals surface area contributed by atoms with E-state index >= 15 is 0 Å². The van der Waals surface area contributed by atoms with Crippen molar-refractivity contribution in [1.29, 1.82) is 0 Å². The Kier molecular flexibility index (Phi) is 4.73. The molecule has 3 fully saturated rings. The van der Waals surface area contributed by atoms with Crippen LogP contribution in [0.15, 0.2) is 23.3 Å². The summed E-state index contributed by atoms with van der Waals surface area (Å²) in [6, 6.07) is 0. The van der Waals surface area contributed by atoms with E-state index in [0.717, 1.165) is 32.1 Å². The van der Waals surface area contributed by atoms with E-state index in [0.29, 0.717) is 11.8 Å². The van der Waals surface area contributed by atoms with Gasteiger partial charge in [0.05, 0.1) is 12.2 Å². The maximum atomic E-state index is 11.3. The average Bonchev–Trinajstić information content (AvgIpc) is 2.67. The fourth-order valence-corrected chi connectivity index (χ4v) is 10.00. The molecule has 0 heterocycles. The number of aliphatic hydroxyl groups excluding tert-OH is 2. The molecule has 0 unspecified atom stereocenters. The molecule has 0 saturated heterocycles. The summed E-state index contributed by atoms with van der Waals surface area (Å²) >= 11 is 0. The van der Waals surface area contributed by atoms with E-state index in [2.05, 4.69) is 67.5 Å². The lowest BCUT2D eigenvalue weighted by Crippen LogP contribution is -2.63. The van der Waals surface area contributed by atoms with Gasteiger partial charge in [0.2, 0.25) is 0 Å². The molecule has 0 aromatic rings. The predicted molar refractivity (Wildman–Crippen MR) is 132 cm³/mol. The molecule has 8 atom stereocenters. The van der Waals surface area contributed by atoms with Crippen molar-refractivity contribution in [1.82, 2.24) is 0 Å². The zero-order valence-corrected chi connectivity index (χ0v) is 22.0. The molecular weight excluding hydrogens is 392 g/mol. The number of aliphatic hydroxyl groups is 2. The molecule has 3 saturated carbocycles. The number of hydrogen-bond donors (Lipinski definition) is 2. The van der Waals surface area contributed by atoms with Crippen LogP contribution in [-0.4, -0.2) is 22.4 Å². The minimum Gasteiger partial charge on any atom is -0.393 e. The molecule has 0 bridgehead atoms. The second-order valence-electron chi connectivity index (χ2n) is 14.9. The molecule has 5 rings (SSSR count). The van der Waals surface area contributed by atoms with Crippen molar-refractivity contribution in [2.75, 3.05) is 0 Å². The largest absolute Gasteiger partial charge is 0.393 e. The van der Waals surface area contributed by atoms with Crippen LogP contribution >= 0.6 is 0 Å². The third kappa shape index (κ3) is 2.66. The minimum atomic E-state index is -0.230. The average molecular weight is 441 g/mol. The highest BCUT2D eigenvalue weighted by atomic mass is 16.3. The second kappa shape index (κ2) is 6.54. The van der Waals surface area contributed by atoms with Crippen molar-refractivity contribution < 1.29 is 10.2 Å². The van der Waals surface area contributed by atoms with Crippen LogP contribution in [0.3, 0.4) is 0 Å². The van der Waals surface area contributed by atoms with Crippen molar-refractivity contribution in [3.8, 4) is 0 Å². The lowest BCUT2D eigenvalue weighted by Gasteiger charge is -2.69. The van der Waals surface area contributed by atoms with Crippen LogP contribution in [0.4, 0.5) is 0 Å². The maximum Gasteiger partial charge on any atom is 0.0636 e. The number of fused-ring (bicyclic) bond motifs is 6. The Bertz CT molecular complexity index is 879. The Labute approximate surface area is 197 Å². The lowest BCUT2D eigenvalue weighted by molar-refractivity contribution is -0.183. The third-order valence-corrected chi connectivity index (χ3v) is 12.5. The fourth-order valence-electron chi connectivity index (χ4n) is 10.00. The SMILES string of the molecule is CC1(C)CC2=C3C=C[C@@H]4[C@@]5(C)CC[C@H](O)C(C)(C)[C@@H]5CC[C@@]4(C)[C@]3(C)CC[C@@]2(C)[C@H](O)C1. The Balaban J connectivity index is 1.66. The van der Waals surface area contributed by atoms with Gasteiger partial charge in [-0.25, -0.2) is 0 Å². The summed E-state index contributed by atoms with van der Waals surface area (Å²) in [4.78, 5) is 0. The Morgan fingerprint density at radius 1 is 0.812 bits per heavy atom. The van der Waals surface area contributed by atoms with Crippen molar-refractivity contribution >= 4 is 0 Å². The predicted octanol–water partition coefficient (Wildman–Crippen LogP) is 7.06. The van der Waals surface area contributed by atoms with Crippen LogP contribution in [0.1, 0.15) is 107 Å². The second-order valence-corrected chi connectivity index (χ2v) is 14.9. The zero-order chi connectivity index (χ0) is 23.5. The van der Waals surface area contributed by atoms with Crippen LogP contribution in [0.2, 0.25) is 0 Å². The zero-order valence-electron chi connectivity index (χ0n) is 22.0. The summed E-state index contributed by atoms with van der Waals surface area (Å²) in [6.07, 6.45) is 13.6. The number of hydrogen-bond acceptors (Lipinski definition) is 2. The fraction of sp³-hybridized carbons (Fsp3) is 0.867. The molecule has 5 aliphatic rings. The normalized spacial score (nSPS) is 53.7. The molecule has 0 aromatic heterocycles. The quantitative estimate of drug-likeness (QED) is 0.423. The Hall–Kier alpha value is -0.600. The van der Waals surface area contributed by atoms with Gasteiger partial charge >= 0.3 is 0 Å². The van der Waals surface area contributed by atoms with Gasteiger partial charge in [-0.15, -0.1) is 0 Å². The topological polar surface area (TPSA) is 40.5 Å². The van der Waals surface area contributed by atoms with Crippen molar-refractivity contribution in [3.63, 3.8) is 0 Å². The van der Waals surface area contributed by atoms with Crippen molar-refractivity contribution in [2.45, 2.75) is 119 Å². The molecule has 0 aliphatic heterocycles. The van der Waals surface area contributed by atoms with Gasteiger partial charge in [0.1, 0.15) is 0 Å². The van der Waals surface area contributed by atoms with Crippen LogP contribution in [0.5, 0.6) is 0 Å². The summed E-state index contributed by atoms with van der Waals surface area (Å²) in [5.74, 6) is 1.13. The van der Waals surface area contributed by atoms with E-state index in [9.17, 15) is 10.2 Å². The van der Waals surface area contributed by atoms with E-state index in [1.165, 1.54) is 19.3 Å². The van der Waals surface area contributed by atoms with Crippen LogP contribution in [0, 0.1) is 44.3 Å². The van der Waals surface area contributed by atoms with E-state index in [1.807, 2.05) is 0 Å². The molecule has 0 radical (unpaired) electrons. The molecule has 0 aromatic carbocycles. The van der Waals surface area contributed by atoms with Crippen LogP contribution in [-0.2, 0) is 0 Å². The number of allylic oxidation sites excluding steroid dienone is 3. The monoisotopic (exact) mass is 440 g/mol. The molecule has 180 valence electrons. The highest BCUT2D eigenvalue weighted by Gasteiger charge is 2.66. The van der Waals surface area contributed by atoms with Crippen LogP contribution < -0.4 is 0 Å². The molecule has 5 aliphatic carbocycles. The van der Waals surface area contributed by atoms with E-state index < -0.39 is 0 Å². The van der Waals surface area contributed by atoms with Gasteiger partial charge in [0, 0.05) is 5.41 Å². The highest BCUT2D eigenvalue weighted by molar-refractivity contribution is 5.46. The van der Waals surface area contributed by atoms with Crippen LogP contribution in [0.25, 0.3) is 0 Å². The molecule has 0 amide bonds. The molecule has 2 nitrogen and oxygen atoms in total. The van der Waals surface area contributed by atoms with Gasteiger partial charge in [-0.3, -0.25) is 0 Å². The molecule has 0 spiro atoms. The van der Waals surface area contributed by atoms with Gasteiger partial charge in [0.15, 0.2) is 0 Å². The van der Waals surface area contributed by atoms with Gasteiger partial charge in [-0.2, -0.15) is 0 Å². The molecule has 2 N–H and O–H groups in total. The maximum absolute atomic E-state index is 11.3. The Morgan fingerprint density at radius 3 is 2.19 bits per heavy atom. The standard InChI is InChI=1S/C30H48O2/c1-25(2)17-20-19-9-10-22-28(6)13-12-23(31)26(3,4)21(28)11-14-30(22,8)29(19,7)16-15-27(20,5)24(32)18-25/h9-10,21-24,31-32H,11-18H2,1-8H3/t21-,22+,23-,24+,27+,28-,29+,30+/m0/s1. The van der Waals surface area contributed by atoms with E-state index in [1.54, 1.807) is 11.1 Å². The lowest BCUT2D eigenvalue weighted by atomic mass is 9.35. The van der Waals surface area contributed by atoms with Crippen molar-refractivity contribution in [2.24, 2.45) is 44.3 Å². The Morgan fingerprint density at radius 2 is 1.50 bits per heavy atom. The van der Waals surface area contributed by atoms with Gasteiger partial charge in [0.25, 0.3) is 0 Å². The summed E-state index contributed by atoms with van der Waals surface area (Å²) in [5.41, 5.74) is 3.90. The smallest absolute Gasteiger partial charge is 0.0636 e. The summed E-state index contributed by atoms with van der Waals surface area (Å²) in [6.45, 7) is 19.4. The first kappa shape index (κ1) is 23.2. The molecular formula is C30H48O2. The first-order valence-corrected chi connectivity index (χ1v) is 13.4. The van der Waals surface area contributed by atoms with E-state index in [-0.39, 0.29) is 44.7 Å². The van der Waals surface area contributed by atoms with Gasteiger partial charge < -0.3 is 10.2 Å². The first-order chi connectivity index (χ1) is 14.6. The van der Waals surface area contributed by atoms with E-state index in [4.69, 9.17) is 0 Å². The third-order valence-electron chi connectivity index (χ3n) is 12.5. The summed E-state index contributed by atoms with van der Waals surface area (Å²) < 4.78 is 0. The highest BCUT2D eigenvalue weighted by Crippen LogP contribution is 2.74. The van der Waals surface area contributed by atoms with Gasteiger partial charge in [-0.1, -0.05) is 73.1 Å². The summed E-state index contributed by atoms with van der Waals surface area (Å²) in [5, 5.41) is 22.1. The molecule has 32 heavy (non-hydrogen) atoms.